The third-order valence-electron chi connectivity index (χ3n) is 7.67. The second-order valence-corrected chi connectivity index (χ2v) is 11.1. The van der Waals surface area contributed by atoms with Gasteiger partial charge in [-0.3, -0.25) is 19.4 Å². The SMILES string of the molecule is COCc1ccc(C)c(-c2cncc([C@H](CC(=O)OC)NC(=O)C(CC(C)C)N3Cc4ccccc4C3=O)c2)c1C. The van der Waals surface area contributed by atoms with Crippen LogP contribution in [-0.4, -0.2) is 47.9 Å². The molecule has 216 valence electrons. The Balaban J connectivity index is 1.67. The summed E-state index contributed by atoms with van der Waals surface area (Å²) in [5.74, 6) is -0.762. The number of pyridine rings is 1. The standard InChI is InChI=1S/C33H39N3O5/c1-20(2)13-29(36-18-23-9-7-8-10-27(23)33(36)39)32(38)35-28(15-30(37)41-6)25-14-26(17-34-16-25)31-21(3)11-12-24(19-40-5)22(31)4/h7-12,14,16-17,20,28-29H,13,15,18-19H2,1-6H3,(H,35,38)/t28-,29?/m0/s1. The lowest BCUT2D eigenvalue weighted by molar-refractivity contribution is -0.141. The van der Waals surface area contributed by atoms with Gasteiger partial charge in [0.15, 0.2) is 0 Å². The van der Waals surface area contributed by atoms with E-state index in [1.807, 2.05) is 45.0 Å². The molecule has 3 aromatic rings. The monoisotopic (exact) mass is 557 g/mol. The van der Waals surface area contributed by atoms with Crippen molar-refractivity contribution in [3.8, 4) is 11.1 Å². The molecule has 8 heteroatoms. The molecule has 2 heterocycles. The summed E-state index contributed by atoms with van der Waals surface area (Å²) < 4.78 is 10.4. The summed E-state index contributed by atoms with van der Waals surface area (Å²) in [7, 11) is 2.99. The van der Waals surface area contributed by atoms with E-state index >= 15 is 0 Å². The Bertz CT molecular complexity index is 1430. The molecule has 1 aromatic heterocycles. The molecule has 0 radical (unpaired) electrons. The normalized spacial score (nSPS) is 14.1. The molecule has 1 aliphatic heterocycles. The number of aryl methyl sites for hydroxylation is 1. The maximum Gasteiger partial charge on any atom is 0.307 e. The van der Waals surface area contributed by atoms with Crippen LogP contribution in [0.15, 0.2) is 54.9 Å². The molecular weight excluding hydrogens is 518 g/mol. The van der Waals surface area contributed by atoms with E-state index in [1.165, 1.54) is 7.11 Å². The van der Waals surface area contributed by atoms with Gasteiger partial charge >= 0.3 is 5.97 Å². The van der Waals surface area contributed by atoms with Gasteiger partial charge in [-0.15, -0.1) is 0 Å². The van der Waals surface area contributed by atoms with Crippen LogP contribution in [0, 0.1) is 19.8 Å². The van der Waals surface area contributed by atoms with Gasteiger partial charge in [0.1, 0.15) is 6.04 Å². The van der Waals surface area contributed by atoms with Gasteiger partial charge in [-0.25, -0.2) is 0 Å². The molecule has 0 bridgehead atoms. The third kappa shape index (κ3) is 6.65. The molecule has 4 rings (SSSR count). The van der Waals surface area contributed by atoms with E-state index in [9.17, 15) is 14.4 Å². The Morgan fingerprint density at radius 1 is 1.07 bits per heavy atom. The number of hydrogen-bond acceptors (Lipinski definition) is 6. The molecule has 0 spiro atoms. The summed E-state index contributed by atoms with van der Waals surface area (Å²) in [6.07, 6.45) is 3.86. The highest BCUT2D eigenvalue weighted by atomic mass is 16.5. The lowest BCUT2D eigenvalue weighted by atomic mass is 9.91. The van der Waals surface area contributed by atoms with Crippen molar-refractivity contribution in [3.05, 3.63) is 88.2 Å². The van der Waals surface area contributed by atoms with E-state index < -0.39 is 18.1 Å². The van der Waals surface area contributed by atoms with Crippen LogP contribution in [-0.2, 0) is 32.2 Å². The van der Waals surface area contributed by atoms with E-state index in [-0.39, 0.29) is 24.2 Å². The van der Waals surface area contributed by atoms with Crippen LogP contribution in [0.5, 0.6) is 0 Å². The molecule has 2 atom stereocenters. The lowest BCUT2D eigenvalue weighted by Crippen LogP contribution is -2.48. The Kier molecular flexibility index (Phi) is 9.55. The number of carbonyl (C=O) groups excluding carboxylic acids is 3. The average Bonchev–Trinajstić information content (AvgIpc) is 3.29. The number of carbonyl (C=O) groups is 3. The predicted molar refractivity (Wildman–Crippen MR) is 157 cm³/mol. The Morgan fingerprint density at radius 3 is 2.51 bits per heavy atom. The highest BCUT2D eigenvalue weighted by Crippen LogP contribution is 2.32. The highest BCUT2D eigenvalue weighted by molar-refractivity contribution is 6.01. The second-order valence-electron chi connectivity index (χ2n) is 11.1. The van der Waals surface area contributed by atoms with Crippen LogP contribution >= 0.6 is 0 Å². The van der Waals surface area contributed by atoms with Gasteiger partial charge in [0.25, 0.3) is 5.91 Å². The topological polar surface area (TPSA) is 97.8 Å². The molecular formula is C33H39N3O5. The van der Waals surface area contributed by atoms with E-state index in [1.54, 1.807) is 30.5 Å². The molecule has 41 heavy (non-hydrogen) atoms. The maximum atomic E-state index is 13.9. The predicted octanol–water partition coefficient (Wildman–Crippen LogP) is 5.30. The number of benzene rings is 2. The summed E-state index contributed by atoms with van der Waals surface area (Å²) >= 11 is 0. The fourth-order valence-electron chi connectivity index (χ4n) is 5.55. The molecule has 0 fully saturated rings. The van der Waals surface area contributed by atoms with Crippen molar-refractivity contribution in [2.75, 3.05) is 14.2 Å². The first kappa shape index (κ1) is 29.9. The van der Waals surface area contributed by atoms with Crippen molar-refractivity contribution in [2.45, 2.75) is 65.8 Å². The van der Waals surface area contributed by atoms with Crippen molar-refractivity contribution in [3.63, 3.8) is 0 Å². The summed E-state index contributed by atoms with van der Waals surface area (Å²) in [5, 5.41) is 3.07. The quantitative estimate of drug-likeness (QED) is 0.321. The minimum absolute atomic E-state index is 0.0718. The van der Waals surface area contributed by atoms with Gasteiger partial charge in [0.05, 0.1) is 26.2 Å². The minimum atomic E-state index is -0.695. The molecule has 2 amide bonds. The zero-order valence-corrected chi connectivity index (χ0v) is 24.7. The second kappa shape index (κ2) is 13.1. The minimum Gasteiger partial charge on any atom is -0.469 e. The smallest absolute Gasteiger partial charge is 0.307 e. The van der Waals surface area contributed by atoms with E-state index in [0.29, 0.717) is 30.7 Å². The van der Waals surface area contributed by atoms with Crippen LogP contribution in [0.4, 0.5) is 0 Å². The van der Waals surface area contributed by atoms with Crippen molar-refractivity contribution in [2.24, 2.45) is 5.92 Å². The Hall–Kier alpha value is -4.04. The number of ether oxygens (including phenoxy) is 2. The van der Waals surface area contributed by atoms with E-state index in [4.69, 9.17) is 9.47 Å². The van der Waals surface area contributed by atoms with Gasteiger partial charge in [-0.1, -0.05) is 44.2 Å². The molecule has 1 aliphatic rings. The molecule has 0 saturated heterocycles. The van der Waals surface area contributed by atoms with Crippen molar-refractivity contribution < 1.29 is 23.9 Å². The molecule has 0 aliphatic carbocycles. The number of amides is 2. The largest absolute Gasteiger partial charge is 0.469 e. The van der Waals surface area contributed by atoms with Crippen LogP contribution < -0.4 is 5.32 Å². The first-order valence-electron chi connectivity index (χ1n) is 13.9. The molecule has 0 saturated carbocycles. The summed E-state index contributed by atoms with van der Waals surface area (Å²) in [6, 6.07) is 12.1. The summed E-state index contributed by atoms with van der Waals surface area (Å²) in [5.41, 5.74) is 7.37. The number of esters is 1. The number of hydrogen-bond donors (Lipinski definition) is 1. The lowest BCUT2D eigenvalue weighted by Gasteiger charge is -2.30. The van der Waals surface area contributed by atoms with Crippen LogP contribution in [0.2, 0.25) is 0 Å². The first-order chi connectivity index (χ1) is 19.6. The zero-order valence-electron chi connectivity index (χ0n) is 24.7. The Labute approximate surface area is 242 Å². The number of fused-ring (bicyclic) bond motifs is 1. The number of methoxy groups -OCH3 is 2. The average molecular weight is 558 g/mol. The molecule has 1 N–H and O–H groups in total. The number of nitrogens with zero attached hydrogens (tertiary/aromatic N) is 2. The van der Waals surface area contributed by atoms with Gasteiger partial charge < -0.3 is 19.7 Å². The van der Waals surface area contributed by atoms with Gasteiger partial charge in [0, 0.05) is 37.2 Å². The fraction of sp³-hybridized carbons (Fsp3) is 0.394. The highest BCUT2D eigenvalue weighted by Gasteiger charge is 2.37. The molecule has 2 aromatic carbocycles. The zero-order chi connectivity index (χ0) is 29.7. The Morgan fingerprint density at radius 2 is 1.83 bits per heavy atom. The van der Waals surface area contributed by atoms with Crippen molar-refractivity contribution in [1.29, 1.82) is 0 Å². The molecule has 8 nitrogen and oxygen atoms in total. The first-order valence-corrected chi connectivity index (χ1v) is 13.9. The van der Waals surface area contributed by atoms with E-state index in [2.05, 4.69) is 29.4 Å². The number of rotatable bonds is 11. The van der Waals surface area contributed by atoms with Gasteiger partial charge in [-0.05, 0) is 71.7 Å². The fourth-order valence-corrected chi connectivity index (χ4v) is 5.55. The third-order valence-corrected chi connectivity index (χ3v) is 7.67. The van der Waals surface area contributed by atoms with Crippen molar-refractivity contribution >= 4 is 17.8 Å². The number of nitrogens with one attached hydrogen (secondary N) is 1. The van der Waals surface area contributed by atoms with Crippen molar-refractivity contribution in [1.82, 2.24) is 15.2 Å². The van der Waals surface area contributed by atoms with E-state index in [0.717, 1.165) is 33.4 Å². The molecule has 1 unspecified atom stereocenters. The van der Waals surface area contributed by atoms with Gasteiger partial charge in [0.2, 0.25) is 5.91 Å². The van der Waals surface area contributed by atoms with Crippen LogP contribution in [0.1, 0.15) is 70.9 Å². The van der Waals surface area contributed by atoms with Crippen LogP contribution in [0.3, 0.4) is 0 Å². The van der Waals surface area contributed by atoms with Gasteiger partial charge in [-0.2, -0.15) is 0 Å². The summed E-state index contributed by atoms with van der Waals surface area (Å²) in [6.45, 7) is 9.00. The van der Waals surface area contributed by atoms with Crippen LogP contribution in [0.25, 0.3) is 11.1 Å². The number of aromatic nitrogens is 1. The summed E-state index contributed by atoms with van der Waals surface area (Å²) in [4.78, 5) is 45.8. The maximum absolute atomic E-state index is 13.9.